The van der Waals surface area contributed by atoms with Crippen LogP contribution in [-0.4, -0.2) is 11.3 Å². The van der Waals surface area contributed by atoms with Crippen molar-refractivity contribution >= 4 is 0 Å². The first kappa shape index (κ1) is 14.3. The molecule has 1 aromatic rings. The first-order valence-corrected chi connectivity index (χ1v) is 7.39. The smallest absolute Gasteiger partial charge is 0.155 e. The van der Waals surface area contributed by atoms with E-state index in [0.29, 0.717) is 6.04 Å². The van der Waals surface area contributed by atoms with Crippen LogP contribution in [0.15, 0.2) is 42.5 Å². The standard InChI is InChI=1S/C17H25NO/c1-4-5-9-14(2)12-13-17-18(19-17)15(3)16-10-7-6-8-11-16/h6-8,10-11,15,17H,2,4-5,9,12-13H2,1,3H3/t15-,17+,18?/m0/s1. The highest BCUT2D eigenvalue weighted by Gasteiger charge is 2.40. The quantitative estimate of drug-likeness (QED) is 0.490. The molecule has 19 heavy (non-hydrogen) atoms. The number of rotatable bonds is 8. The van der Waals surface area contributed by atoms with Crippen molar-refractivity contribution in [3.8, 4) is 0 Å². The Hall–Kier alpha value is -1.12. The van der Waals surface area contributed by atoms with E-state index >= 15 is 0 Å². The topological polar surface area (TPSA) is 15.5 Å². The summed E-state index contributed by atoms with van der Waals surface area (Å²) >= 11 is 0. The van der Waals surface area contributed by atoms with Gasteiger partial charge >= 0.3 is 0 Å². The zero-order valence-electron chi connectivity index (χ0n) is 12.1. The molecule has 0 spiro atoms. The lowest BCUT2D eigenvalue weighted by molar-refractivity contribution is 0.155. The van der Waals surface area contributed by atoms with Crippen molar-refractivity contribution in [1.29, 1.82) is 0 Å². The van der Waals surface area contributed by atoms with Gasteiger partial charge in [0, 0.05) is 0 Å². The highest BCUT2D eigenvalue weighted by molar-refractivity contribution is 5.18. The molecule has 1 aromatic carbocycles. The van der Waals surface area contributed by atoms with Crippen LogP contribution < -0.4 is 0 Å². The second-order valence-corrected chi connectivity index (χ2v) is 5.40. The predicted octanol–water partition coefficient (Wildman–Crippen LogP) is 4.85. The fourth-order valence-corrected chi connectivity index (χ4v) is 2.39. The monoisotopic (exact) mass is 259 g/mol. The molecule has 0 aromatic heterocycles. The number of allylic oxidation sites excluding steroid dienone is 1. The zero-order chi connectivity index (χ0) is 13.7. The minimum absolute atomic E-state index is 0.286. The summed E-state index contributed by atoms with van der Waals surface area (Å²) in [5.41, 5.74) is 2.68. The molecule has 0 bridgehead atoms. The van der Waals surface area contributed by atoms with Crippen LogP contribution in [0.5, 0.6) is 0 Å². The van der Waals surface area contributed by atoms with Crippen LogP contribution in [0.3, 0.4) is 0 Å². The Morgan fingerprint density at radius 1 is 1.32 bits per heavy atom. The SMILES string of the molecule is C=C(CCCC)CC[C@H]1ON1[C@@H](C)c1ccccc1. The fourth-order valence-electron chi connectivity index (χ4n) is 2.39. The van der Waals surface area contributed by atoms with E-state index < -0.39 is 0 Å². The number of nitrogens with zero attached hydrogens (tertiary/aromatic N) is 1. The third-order valence-electron chi connectivity index (χ3n) is 3.77. The van der Waals surface area contributed by atoms with Crippen molar-refractivity contribution in [3.05, 3.63) is 48.0 Å². The predicted molar refractivity (Wildman–Crippen MR) is 79.5 cm³/mol. The maximum absolute atomic E-state index is 5.68. The van der Waals surface area contributed by atoms with Crippen LogP contribution in [0.2, 0.25) is 0 Å². The third-order valence-corrected chi connectivity index (χ3v) is 3.77. The molecule has 3 atom stereocenters. The number of hydrogen-bond acceptors (Lipinski definition) is 2. The van der Waals surface area contributed by atoms with Gasteiger partial charge in [-0.25, -0.2) is 0 Å². The van der Waals surface area contributed by atoms with Gasteiger partial charge in [0.05, 0.1) is 6.04 Å². The molecule has 1 saturated heterocycles. The molecule has 0 radical (unpaired) electrons. The lowest BCUT2D eigenvalue weighted by atomic mass is 10.0. The van der Waals surface area contributed by atoms with Crippen molar-refractivity contribution in [2.75, 3.05) is 0 Å². The first-order chi connectivity index (χ1) is 9.22. The van der Waals surface area contributed by atoms with E-state index in [1.54, 1.807) is 0 Å². The van der Waals surface area contributed by atoms with E-state index in [0.717, 1.165) is 19.3 Å². The number of hydrogen-bond donors (Lipinski definition) is 0. The van der Waals surface area contributed by atoms with E-state index in [1.165, 1.54) is 24.0 Å². The van der Waals surface area contributed by atoms with Crippen molar-refractivity contribution in [2.45, 2.75) is 58.2 Å². The third kappa shape index (κ3) is 4.19. The van der Waals surface area contributed by atoms with E-state index in [-0.39, 0.29) is 6.23 Å². The molecule has 2 rings (SSSR count). The molecule has 2 heteroatoms. The minimum atomic E-state index is 0.286. The molecule has 2 nitrogen and oxygen atoms in total. The number of benzene rings is 1. The van der Waals surface area contributed by atoms with E-state index in [1.807, 2.05) is 0 Å². The molecule has 1 fully saturated rings. The minimum Gasteiger partial charge on any atom is -0.275 e. The molecule has 0 N–H and O–H groups in total. The average molecular weight is 259 g/mol. The van der Waals surface area contributed by atoms with Crippen molar-refractivity contribution in [3.63, 3.8) is 0 Å². The average Bonchev–Trinajstić information content (AvgIpc) is 3.22. The van der Waals surface area contributed by atoms with Gasteiger partial charge in [-0.2, -0.15) is 0 Å². The molecule has 1 aliphatic heterocycles. The van der Waals surface area contributed by atoms with Crippen LogP contribution in [-0.2, 0) is 4.84 Å². The second-order valence-electron chi connectivity index (χ2n) is 5.40. The van der Waals surface area contributed by atoms with Gasteiger partial charge in [-0.15, -0.1) is 5.06 Å². The van der Waals surface area contributed by atoms with Crippen LogP contribution in [0, 0.1) is 0 Å². The molecular formula is C17H25NO. The van der Waals surface area contributed by atoms with Gasteiger partial charge in [0.2, 0.25) is 0 Å². The van der Waals surface area contributed by atoms with Crippen LogP contribution in [0.4, 0.5) is 0 Å². The Kier molecular flexibility index (Phi) is 5.17. The van der Waals surface area contributed by atoms with Gasteiger partial charge in [-0.05, 0) is 38.2 Å². The maximum Gasteiger partial charge on any atom is 0.155 e. The van der Waals surface area contributed by atoms with Crippen LogP contribution >= 0.6 is 0 Å². The van der Waals surface area contributed by atoms with Gasteiger partial charge in [-0.1, -0.05) is 55.8 Å². The van der Waals surface area contributed by atoms with E-state index in [2.05, 4.69) is 55.8 Å². The largest absolute Gasteiger partial charge is 0.275 e. The normalized spacial score (nSPS) is 23.1. The molecule has 0 aliphatic carbocycles. The summed E-state index contributed by atoms with van der Waals surface area (Å²) in [4.78, 5) is 5.68. The number of hydroxylamine groups is 2. The maximum atomic E-state index is 5.68. The van der Waals surface area contributed by atoms with Crippen molar-refractivity contribution < 1.29 is 4.84 Å². The Labute approximate surface area is 117 Å². The molecule has 1 heterocycles. The van der Waals surface area contributed by atoms with Gasteiger partial charge < -0.3 is 0 Å². The molecule has 0 saturated carbocycles. The first-order valence-electron chi connectivity index (χ1n) is 7.39. The summed E-state index contributed by atoms with van der Waals surface area (Å²) < 4.78 is 0. The van der Waals surface area contributed by atoms with Gasteiger partial charge in [0.15, 0.2) is 6.23 Å². The molecule has 104 valence electrons. The number of unbranched alkanes of at least 4 members (excludes halogenated alkanes) is 1. The van der Waals surface area contributed by atoms with Crippen LogP contribution in [0.25, 0.3) is 0 Å². The van der Waals surface area contributed by atoms with Gasteiger partial charge in [-0.3, -0.25) is 4.84 Å². The highest BCUT2D eigenvalue weighted by Crippen LogP contribution is 2.36. The van der Waals surface area contributed by atoms with Crippen LogP contribution in [0.1, 0.15) is 57.6 Å². The van der Waals surface area contributed by atoms with E-state index in [4.69, 9.17) is 4.84 Å². The summed E-state index contributed by atoms with van der Waals surface area (Å²) in [6, 6.07) is 10.9. The van der Waals surface area contributed by atoms with Gasteiger partial charge in [0.1, 0.15) is 0 Å². The molecule has 0 amide bonds. The molecule has 1 aliphatic rings. The Bertz CT molecular complexity index is 401. The molecular weight excluding hydrogens is 234 g/mol. The highest BCUT2D eigenvalue weighted by atomic mass is 16.8. The Morgan fingerprint density at radius 2 is 2.05 bits per heavy atom. The van der Waals surface area contributed by atoms with Gasteiger partial charge in [0.25, 0.3) is 0 Å². The summed E-state index contributed by atoms with van der Waals surface area (Å²) in [5, 5.41) is 2.10. The summed E-state index contributed by atoms with van der Waals surface area (Å²) in [6.07, 6.45) is 6.11. The summed E-state index contributed by atoms with van der Waals surface area (Å²) in [6.45, 7) is 8.56. The lowest BCUT2D eigenvalue weighted by Crippen LogP contribution is -2.08. The Morgan fingerprint density at radius 3 is 2.74 bits per heavy atom. The molecule has 1 unspecified atom stereocenters. The second kappa shape index (κ2) is 6.88. The van der Waals surface area contributed by atoms with Crippen molar-refractivity contribution in [1.82, 2.24) is 5.06 Å². The summed E-state index contributed by atoms with van der Waals surface area (Å²) in [7, 11) is 0. The zero-order valence-corrected chi connectivity index (χ0v) is 12.1. The van der Waals surface area contributed by atoms with E-state index in [9.17, 15) is 0 Å². The Balaban J connectivity index is 1.71. The fraction of sp³-hybridized carbons (Fsp3) is 0.529. The summed E-state index contributed by atoms with van der Waals surface area (Å²) in [5.74, 6) is 0. The van der Waals surface area contributed by atoms with Crippen molar-refractivity contribution in [2.24, 2.45) is 0 Å². The lowest BCUT2D eigenvalue weighted by Gasteiger charge is -2.10.